The molecule has 0 spiro atoms. The number of hydrogen-bond acceptors (Lipinski definition) is 4. The van der Waals surface area contributed by atoms with Crippen LogP contribution in [0.3, 0.4) is 0 Å². The number of aliphatic carboxylic acids is 2. The number of carboxylic acids is 2. The van der Waals surface area contributed by atoms with Crippen molar-refractivity contribution in [2.24, 2.45) is 0 Å². The first-order chi connectivity index (χ1) is 10.4. The summed E-state index contributed by atoms with van der Waals surface area (Å²) < 4.78 is 0. The summed E-state index contributed by atoms with van der Waals surface area (Å²) in [5, 5.41) is 37.3. The van der Waals surface area contributed by atoms with Crippen LogP contribution in [0.15, 0.2) is 36.4 Å². The highest BCUT2D eigenvalue weighted by Gasteiger charge is 2.13. The third kappa shape index (κ3) is 3.54. The predicted molar refractivity (Wildman–Crippen MR) is 77.9 cm³/mol. The van der Waals surface area contributed by atoms with E-state index in [-0.39, 0.29) is 24.2 Å². The summed E-state index contributed by atoms with van der Waals surface area (Å²) in [7, 11) is 0. The van der Waals surface area contributed by atoms with E-state index in [4.69, 9.17) is 10.2 Å². The molecule has 0 amide bonds. The van der Waals surface area contributed by atoms with Gasteiger partial charge in [0.15, 0.2) is 11.5 Å². The van der Waals surface area contributed by atoms with Crippen molar-refractivity contribution in [2.75, 3.05) is 0 Å². The highest BCUT2D eigenvalue weighted by atomic mass is 16.4. The molecule has 0 fully saturated rings. The first kappa shape index (κ1) is 15.4. The van der Waals surface area contributed by atoms with Crippen LogP contribution in [0.4, 0.5) is 0 Å². The molecule has 2 rings (SSSR count). The molecule has 4 N–H and O–H groups in total. The largest absolute Gasteiger partial charge is 0.504 e. The second kappa shape index (κ2) is 6.17. The molecular formula is C16H14O6. The fourth-order valence-electron chi connectivity index (χ4n) is 2.20. The van der Waals surface area contributed by atoms with Crippen molar-refractivity contribution in [2.45, 2.75) is 12.8 Å². The van der Waals surface area contributed by atoms with E-state index in [9.17, 15) is 19.8 Å². The van der Waals surface area contributed by atoms with E-state index in [1.807, 2.05) is 0 Å². The van der Waals surface area contributed by atoms with Crippen LogP contribution in [0.2, 0.25) is 0 Å². The van der Waals surface area contributed by atoms with Crippen molar-refractivity contribution in [3.05, 3.63) is 47.5 Å². The number of aromatic hydroxyl groups is 2. The lowest BCUT2D eigenvalue weighted by atomic mass is 9.97. The molecule has 114 valence electrons. The van der Waals surface area contributed by atoms with Crippen LogP contribution in [0, 0.1) is 0 Å². The molecule has 0 atom stereocenters. The van der Waals surface area contributed by atoms with Gasteiger partial charge in [0.1, 0.15) is 0 Å². The predicted octanol–water partition coefficient (Wildman–Crippen LogP) is 2.02. The van der Waals surface area contributed by atoms with Crippen LogP contribution < -0.4 is 0 Å². The lowest BCUT2D eigenvalue weighted by Crippen LogP contribution is -2.01. The molecule has 0 aromatic heterocycles. The number of phenolic OH excluding ortho intramolecular Hbond substituents is 2. The fraction of sp³-hybridized carbons (Fsp3) is 0.125. The summed E-state index contributed by atoms with van der Waals surface area (Å²) in [6.45, 7) is 0. The Hall–Kier alpha value is -3.02. The monoisotopic (exact) mass is 302 g/mol. The number of carbonyl (C=O) groups is 2. The van der Waals surface area contributed by atoms with Gasteiger partial charge < -0.3 is 20.4 Å². The Morgan fingerprint density at radius 1 is 0.864 bits per heavy atom. The van der Waals surface area contributed by atoms with Crippen molar-refractivity contribution in [3.8, 4) is 22.6 Å². The molecule has 0 saturated heterocycles. The Balaban J connectivity index is 2.49. The fourth-order valence-corrected chi connectivity index (χ4v) is 2.20. The van der Waals surface area contributed by atoms with Crippen molar-refractivity contribution >= 4 is 11.9 Å². The minimum absolute atomic E-state index is 0.171. The normalized spacial score (nSPS) is 10.4. The van der Waals surface area contributed by atoms with Crippen molar-refractivity contribution < 1.29 is 30.0 Å². The molecule has 0 aliphatic carbocycles. The summed E-state index contributed by atoms with van der Waals surface area (Å²) >= 11 is 0. The summed E-state index contributed by atoms with van der Waals surface area (Å²) in [6, 6.07) is 9.14. The first-order valence-corrected chi connectivity index (χ1v) is 6.44. The van der Waals surface area contributed by atoms with Gasteiger partial charge in [0, 0.05) is 5.56 Å². The van der Waals surface area contributed by atoms with E-state index in [1.54, 1.807) is 24.3 Å². The van der Waals surface area contributed by atoms with E-state index < -0.39 is 17.7 Å². The molecular weight excluding hydrogens is 288 g/mol. The highest BCUT2D eigenvalue weighted by Crippen LogP contribution is 2.38. The maximum absolute atomic E-state index is 10.8. The van der Waals surface area contributed by atoms with Gasteiger partial charge in [0.25, 0.3) is 0 Å². The molecule has 2 aromatic carbocycles. The molecule has 0 saturated carbocycles. The van der Waals surface area contributed by atoms with Crippen LogP contribution in [0.1, 0.15) is 11.1 Å². The second-order valence-electron chi connectivity index (χ2n) is 4.85. The van der Waals surface area contributed by atoms with Crippen molar-refractivity contribution in [1.29, 1.82) is 0 Å². The minimum atomic E-state index is -1.06. The average molecular weight is 302 g/mol. The minimum Gasteiger partial charge on any atom is -0.504 e. The lowest BCUT2D eigenvalue weighted by Gasteiger charge is -2.10. The SMILES string of the molecule is O=C(O)Cc1cccc(-c2cc(CC(=O)O)cc(O)c2O)c1. The standard InChI is InChI=1S/C16H14O6/c17-13-6-10(8-15(20)21)5-12(16(13)22)11-3-1-2-9(4-11)7-14(18)19/h1-6,17,22H,7-8H2,(H,18,19)(H,20,21). The van der Waals surface area contributed by atoms with E-state index in [0.717, 1.165) is 0 Å². The van der Waals surface area contributed by atoms with Crippen molar-refractivity contribution in [1.82, 2.24) is 0 Å². The van der Waals surface area contributed by atoms with Gasteiger partial charge in [-0.2, -0.15) is 0 Å². The molecule has 0 heterocycles. The van der Waals surface area contributed by atoms with Gasteiger partial charge in [-0.3, -0.25) is 9.59 Å². The van der Waals surface area contributed by atoms with Gasteiger partial charge in [0.2, 0.25) is 0 Å². The molecule has 6 heteroatoms. The van der Waals surface area contributed by atoms with Gasteiger partial charge in [-0.25, -0.2) is 0 Å². The second-order valence-corrected chi connectivity index (χ2v) is 4.85. The topological polar surface area (TPSA) is 115 Å². The first-order valence-electron chi connectivity index (χ1n) is 6.44. The Morgan fingerprint density at radius 2 is 1.50 bits per heavy atom. The molecule has 0 bridgehead atoms. The number of hydrogen-bond donors (Lipinski definition) is 4. The molecule has 0 unspecified atom stereocenters. The Bertz CT molecular complexity index is 735. The Kier molecular flexibility index (Phi) is 4.31. The molecule has 2 aromatic rings. The molecule has 0 aliphatic rings. The lowest BCUT2D eigenvalue weighted by molar-refractivity contribution is -0.137. The third-order valence-electron chi connectivity index (χ3n) is 3.10. The molecule has 22 heavy (non-hydrogen) atoms. The zero-order chi connectivity index (χ0) is 16.3. The third-order valence-corrected chi connectivity index (χ3v) is 3.10. The number of phenols is 2. The zero-order valence-corrected chi connectivity index (χ0v) is 11.5. The number of benzene rings is 2. The van der Waals surface area contributed by atoms with Gasteiger partial charge in [-0.15, -0.1) is 0 Å². The van der Waals surface area contributed by atoms with Crippen LogP contribution in [-0.4, -0.2) is 32.4 Å². The van der Waals surface area contributed by atoms with Gasteiger partial charge in [0.05, 0.1) is 12.8 Å². The summed E-state index contributed by atoms with van der Waals surface area (Å²) in [5.41, 5.74) is 1.62. The van der Waals surface area contributed by atoms with E-state index in [0.29, 0.717) is 16.7 Å². The van der Waals surface area contributed by atoms with Gasteiger partial charge >= 0.3 is 11.9 Å². The maximum Gasteiger partial charge on any atom is 0.307 e. The molecule has 6 nitrogen and oxygen atoms in total. The number of rotatable bonds is 5. The summed E-state index contributed by atoms with van der Waals surface area (Å²) in [4.78, 5) is 21.5. The van der Waals surface area contributed by atoms with Crippen LogP contribution in [0.5, 0.6) is 11.5 Å². The van der Waals surface area contributed by atoms with Crippen LogP contribution >= 0.6 is 0 Å². The van der Waals surface area contributed by atoms with Gasteiger partial charge in [-0.05, 0) is 28.8 Å². The zero-order valence-electron chi connectivity index (χ0n) is 11.5. The number of carboxylic acid groups (broad SMARTS) is 2. The maximum atomic E-state index is 10.8. The van der Waals surface area contributed by atoms with E-state index in [1.165, 1.54) is 12.1 Å². The Labute approximate surface area is 125 Å². The van der Waals surface area contributed by atoms with E-state index in [2.05, 4.69) is 0 Å². The Morgan fingerprint density at radius 3 is 2.14 bits per heavy atom. The molecule has 0 aliphatic heterocycles. The average Bonchev–Trinajstić information content (AvgIpc) is 2.41. The van der Waals surface area contributed by atoms with E-state index >= 15 is 0 Å². The van der Waals surface area contributed by atoms with Crippen molar-refractivity contribution in [3.63, 3.8) is 0 Å². The van der Waals surface area contributed by atoms with Crippen LogP contribution in [-0.2, 0) is 22.4 Å². The summed E-state index contributed by atoms with van der Waals surface area (Å²) in [5.74, 6) is -2.83. The summed E-state index contributed by atoms with van der Waals surface area (Å²) in [6.07, 6.45) is -0.467. The molecule has 0 radical (unpaired) electrons. The van der Waals surface area contributed by atoms with Crippen LogP contribution in [0.25, 0.3) is 11.1 Å². The smallest absolute Gasteiger partial charge is 0.307 e. The highest BCUT2D eigenvalue weighted by molar-refractivity contribution is 5.78. The van der Waals surface area contributed by atoms with Gasteiger partial charge in [-0.1, -0.05) is 24.3 Å². The quantitative estimate of drug-likeness (QED) is 0.628.